The van der Waals surface area contributed by atoms with Crippen LogP contribution in [0.4, 0.5) is 0 Å². The highest BCUT2D eigenvalue weighted by molar-refractivity contribution is 4.57. The van der Waals surface area contributed by atoms with E-state index in [0.717, 1.165) is 19.6 Å². The van der Waals surface area contributed by atoms with Gasteiger partial charge in [0.1, 0.15) is 0 Å². The Labute approximate surface area is 164 Å². The molecule has 0 radical (unpaired) electrons. The van der Waals surface area contributed by atoms with Gasteiger partial charge in [-0.25, -0.2) is 0 Å². The van der Waals surface area contributed by atoms with E-state index in [0.29, 0.717) is 13.2 Å². The van der Waals surface area contributed by atoms with Crippen LogP contribution in [0, 0.1) is 0 Å². The number of rotatable bonds is 22. The molecule has 0 amide bonds. The molecule has 0 aliphatic heterocycles. The highest BCUT2D eigenvalue weighted by atomic mass is 16.5. The van der Waals surface area contributed by atoms with Crippen molar-refractivity contribution in [2.24, 2.45) is 5.73 Å². The molecule has 1 atom stereocenters. The molecule has 3 nitrogen and oxygen atoms in total. The molecule has 0 aromatic rings. The molecule has 0 aliphatic rings. The predicted molar refractivity (Wildman–Crippen MR) is 115 cm³/mol. The molecule has 0 saturated heterocycles. The van der Waals surface area contributed by atoms with Crippen LogP contribution < -0.4 is 5.73 Å². The number of nitrogens with two attached hydrogens (primary N) is 1. The molecule has 2 N–H and O–H groups in total. The lowest BCUT2D eigenvalue weighted by Crippen LogP contribution is -2.29. The summed E-state index contributed by atoms with van der Waals surface area (Å²) in [4.78, 5) is 0. The van der Waals surface area contributed by atoms with Gasteiger partial charge >= 0.3 is 0 Å². The predicted octanol–water partition coefficient (Wildman–Crippen LogP) is 6.63. The van der Waals surface area contributed by atoms with Gasteiger partial charge in [0.05, 0.1) is 12.7 Å². The molecule has 3 heteroatoms. The van der Waals surface area contributed by atoms with Crippen LogP contribution in [-0.4, -0.2) is 32.5 Å². The Hall–Kier alpha value is -0.120. The molecule has 0 bridgehead atoms. The van der Waals surface area contributed by atoms with Crippen molar-refractivity contribution in [2.75, 3.05) is 26.4 Å². The fraction of sp³-hybridized carbons (Fsp3) is 1.00. The third-order valence-corrected chi connectivity index (χ3v) is 5.06. The molecule has 0 heterocycles. The number of unbranched alkanes of at least 4 members (excludes halogenated alkanes) is 14. The SMILES string of the molecule is CCCCCCCCCCCCOCC(CN)OCCCCCCCC. The molecule has 0 aromatic heterocycles. The van der Waals surface area contributed by atoms with Crippen LogP contribution in [0.1, 0.15) is 117 Å². The van der Waals surface area contributed by atoms with E-state index in [1.54, 1.807) is 0 Å². The molecule has 26 heavy (non-hydrogen) atoms. The first-order chi connectivity index (χ1) is 12.8. The standard InChI is InChI=1S/C23H49NO2/c1-3-5-7-9-11-12-13-14-15-17-19-25-22-23(21-24)26-20-18-16-10-8-6-4-2/h23H,3-22,24H2,1-2H3. The summed E-state index contributed by atoms with van der Waals surface area (Å²) in [5.41, 5.74) is 5.79. The van der Waals surface area contributed by atoms with Crippen LogP contribution in [-0.2, 0) is 9.47 Å². The van der Waals surface area contributed by atoms with Crippen molar-refractivity contribution in [3.05, 3.63) is 0 Å². The Morgan fingerprint density at radius 3 is 1.46 bits per heavy atom. The van der Waals surface area contributed by atoms with Gasteiger partial charge in [-0.2, -0.15) is 0 Å². The molecule has 0 aromatic carbocycles. The van der Waals surface area contributed by atoms with Crippen LogP contribution in [0.2, 0.25) is 0 Å². The third kappa shape index (κ3) is 20.2. The molecule has 0 aliphatic carbocycles. The zero-order valence-corrected chi connectivity index (χ0v) is 18.1. The van der Waals surface area contributed by atoms with Gasteiger partial charge in [-0.3, -0.25) is 0 Å². The molecular formula is C23H49NO2. The van der Waals surface area contributed by atoms with Crippen molar-refractivity contribution in [2.45, 2.75) is 123 Å². The molecular weight excluding hydrogens is 322 g/mol. The second-order valence-corrected chi connectivity index (χ2v) is 7.75. The van der Waals surface area contributed by atoms with Crippen molar-refractivity contribution in [3.63, 3.8) is 0 Å². The quantitative estimate of drug-likeness (QED) is 0.217. The Kier molecular flexibility index (Phi) is 22.8. The Morgan fingerprint density at radius 2 is 1.00 bits per heavy atom. The van der Waals surface area contributed by atoms with Gasteiger partial charge in [-0.1, -0.05) is 104 Å². The highest BCUT2D eigenvalue weighted by Gasteiger charge is 2.06. The summed E-state index contributed by atoms with van der Waals surface area (Å²) in [6.45, 7) is 7.44. The zero-order valence-electron chi connectivity index (χ0n) is 18.1. The average Bonchev–Trinajstić information content (AvgIpc) is 2.66. The average molecular weight is 372 g/mol. The van der Waals surface area contributed by atoms with Gasteiger partial charge in [-0.05, 0) is 12.8 Å². The topological polar surface area (TPSA) is 44.5 Å². The van der Waals surface area contributed by atoms with Crippen molar-refractivity contribution in [1.82, 2.24) is 0 Å². The molecule has 1 unspecified atom stereocenters. The van der Waals surface area contributed by atoms with E-state index in [9.17, 15) is 0 Å². The summed E-state index contributed by atoms with van der Waals surface area (Å²) in [6, 6.07) is 0. The van der Waals surface area contributed by atoms with E-state index in [4.69, 9.17) is 15.2 Å². The lowest BCUT2D eigenvalue weighted by Gasteiger charge is -2.16. The summed E-state index contributed by atoms with van der Waals surface area (Å²) in [6.07, 6.45) is 21.5. The smallest absolute Gasteiger partial charge is 0.0930 e. The first-order valence-electron chi connectivity index (χ1n) is 11.7. The van der Waals surface area contributed by atoms with Crippen molar-refractivity contribution >= 4 is 0 Å². The highest BCUT2D eigenvalue weighted by Crippen LogP contribution is 2.10. The van der Waals surface area contributed by atoms with Crippen LogP contribution >= 0.6 is 0 Å². The van der Waals surface area contributed by atoms with E-state index in [2.05, 4.69) is 13.8 Å². The van der Waals surface area contributed by atoms with Crippen LogP contribution in [0.5, 0.6) is 0 Å². The van der Waals surface area contributed by atoms with Crippen LogP contribution in [0.15, 0.2) is 0 Å². The molecule has 0 rings (SSSR count). The van der Waals surface area contributed by atoms with Gasteiger partial charge in [0, 0.05) is 19.8 Å². The molecule has 0 spiro atoms. The normalized spacial score (nSPS) is 12.6. The van der Waals surface area contributed by atoms with Gasteiger partial charge in [-0.15, -0.1) is 0 Å². The molecule has 0 saturated carbocycles. The number of hydrogen-bond donors (Lipinski definition) is 1. The van der Waals surface area contributed by atoms with Crippen LogP contribution in [0.25, 0.3) is 0 Å². The summed E-state index contributed by atoms with van der Waals surface area (Å²) < 4.78 is 11.6. The third-order valence-electron chi connectivity index (χ3n) is 5.06. The Balaban J connectivity index is 3.26. The summed E-state index contributed by atoms with van der Waals surface area (Å²) >= 11 is 0. The second kappa shape index (κ2) is 22.9. The maximum absolute atomic E-state index is 5.85. The summed E-state index contributed by atoms with van der Waals surface area (Å²) in [5, 5.41) is 0. The summed E-state index contributed by atoms with van der Waals surface area (Å²) in [7, 11) is 0. The Morgan fingerprint density at radius 1 is 0.577 bits per heavy atom. The van der Waals surface area contributed by atoms with E-state index in [1.807, 2.05) is 0 Å². The van der Waals surface area contributed by atoms with Crippen molar-refractivity contribution < 1.29 is 9.47 Å². The first kappa shape index (κ1) is 25.9. The monoisotopic (exact) mass is 371 g/mol. The van der Waals surface area contributed by atoms with E-state index >= 15 is 0 Å². The van der Waals surface area contributed by atoms with Gasteiger partial charge in [0.15, 0.2) is 0 Å². The van der Waals surface area contributed by atoms with Crippen LogP contribution in [0.3, 0.4) is 0 Å². The maximum atomic E-state index is 5.85. The van der Waals surface area contributed by atoms with E-state index in [-0.39, 0.29) is 6.10 Å². The first-order valence-corrected chi connectivity index (χ1v) is 11.7. The minimum atomic E-state index is 0.0776. The largest absolute Gasteiger partial charge is 0.379 e. The minimum Gasteiger partial charge on any atom is -0.379 e. The fourth-order valence-corrected chi connectivity index (χ4v) is 3.22. The molecule has 158 valence electrons. The van der Waals surface area contributed by atoms with E-state index < -0.39 is 0 Å². The lowest BCUT2D eigenvalue weighted by molar-refractivity contribution is -0.0136. The fourth-order valence-electron chi connectivity index (χ4n) is 3.22. The minimum absolute atomic E-state index is 0.0776. The van der Waals surface area contributed by atoms with Gasteiger partial charge in [0.2, 0.25) is 0 Å². The van der Waals surface area contributed by atoms with Crippen molar-refractivity contribution in [3.8, 4) is 0 Å². The zero-order chi connectivity index (χ0) is 19.1. The second-order valence-electron chi connectivity index (χ2n) is 7.75. The summed E-state index contributed by atoms with van der Waals surface area (Å²) in [5.74, 6) is 0. The maximum Gasteiger partial charge on any atom is 0.0930 e. The number of hydrogen-bond acceptors (Lipinski definition) is 3. The van der Waals surface area contributed by atoms with Gasteiger partial charge in [0.25, 0.3) is 0 Å². The lowest BCUT2D eigenvalue weighted by atomic mass is 10.1. The number of ether oxygens (including phenoxy) is 2. The molecule has 0 fully saturated rings. The van der Waals surface area contributed by atoms with Gasteiger partial charge < -0.3 is 15.2 Å². The van der Waals surface area contributed by atoms with E-state index in [1.165, 1.54) is 96.3 Å². The van der Waals surface area contributed by atoms with Crippen molar-refractivity contribution in [1.29, 1.82) is 0 Å². The Bertz CT molecular complexity index is 248.